The number of nitrogens with one attached hydrogen (secondary N) is 1. The highest BCUT2D eigenvalue weighted by molar-refractivity contribution is 6.31. The lowest BCUT2D eigenvalue weighted by Crippen LogP contribution is -2.35. The van der Waals surface area contributed by atoms with E-state index < -0.39 is 0 Å². The Labute approximate surface area is 126 Å². The van der Waals surface area contributed by atoms with Crippen molar-refractivity contribution < 1.29 is 4.39 Å². The minimum Gasteiger partial charge on any atom is -0.317 e. The minimum absolute atomic E-state index is 0.266. The van der Waals surface area contributed by atoms with E-state index in [0.717, 1.165) is 25.2 Å². The van der Waals surface area contributed by atoms with Crippen molar-refractivity contribution in [3.8, 4) is 0 Å². The molecule has 1 heterocycles. The maximum Gasteiger partial charge on any atom is 0.124 e. The first-order valence-corrected chi connectivity index (χ1v) is 7.87. The molecule has 112 valence electrons. The van der Waals surface area contributed by atoms with Gasteiger partial charge in [-0.15, -0.1) is 0 Å². The Morgan fingerprint density at radius 1 is 1.40 bits per heavy atom. The predicted molar refractivity (Wildman–Crippen MR) is 82.7 cm³/mol. The zero-order valence-corrected chi connectivity index (χ0v) is 13.1. The first-order valence-electron chi connectivity index (χ1n) is 7.49. The third kappa shape index (κ3) is 3.72. The molecule has 1 aromatic rings. The Morgan fingerprint density at radius 2 is 2.20 bits per heavy atom. The average Bonchev–Trinajstić information content (AvgIpc) is 2.59. The van der Waals surface area contributed by atoms with Gasteiger partial charge in [-0.05, 0) is 63.1 Å². The standard InChI is InChI=1S/C16H24ClFN2/c1-3-19-11-12-6-4-5-9-20(2)16(12)14-8-7-13(18)10-15(14)17/h7-8,10,12,16,19H,3-6,9,11H2,1-2H3. The third-order valence-electron chi connectivity index (χ3n) is 4.19. The monoisotopic (exact) mass is 298 g/mol. The number of halogens is 2. The summed E-state index contributed by atoms with van der Waals surface area (Å²) in [5.74, 6) is 0.253. The summed E-state index contributed by atoms with van der Waals surface area (Å²) in [4.78, 5) is 2.37. The van der Waals surface area contributed by atoms with Gasteiger partial charge in [0.15, 0.2) is 0 Å². The van der Waals surface area contributed by atoms with Crippen LogP contribution in [-0.2, 0) is 0 Å². The number of benzene rings is 1. The average molecular weight is 299 g/mol. The first-order chi connectivity index (χ1) is 9.63. The number of hydrogen-bond donors (Lipinski definition) is 1. The van der Waals surface area contributed by atoms with E-state index in [0.29, 0.717) is 10.9 Å². The fourth-order valence-electron chi connectivity index (χ4n) is 3.20. The highest BCUT2D eigenvalue weighted by atomic mass is 35.5. The molecule has 1 saturated heterocycles. The second kappa shape index (κ2) is 7.39. The largest absolute Gasteiger partial charge is 0.317 e. The second-order valence-corrected chi connectivity index (χ2v) is 6.06. The Kier molecular flexibility index (Phi) is 5.82. The third-order valence-corrected chi connectivity index (χ3v) is 4.52. The smallest absolute Gasteiger partial charge is 0.124 e. The number of nitrogens with zero attached hydrogens (tertiary/aromatic N) is 1. The number of hydrogen-bond acceptors (Lipinski definition) is 2. The van der Waals surface area contributed by atoms with E-state index in [1.807, 2.05) is 6.07 Å². The molecule has 2 unspecified atom stereocenters. The van der Waals surface area contributed by atoms with Gasteiger partial charge in [0.25, 0.3) is 0 Å². The molecule has 1 aliphatic heterocycles. The minimum atomic E-state index is -0.266. The van der Waals surface area contributed by atoms with Crippen LogP contribution in [-0.4, -0.2) is 31.6 Å². The number of likely N-dealkylation sites (tertiary alicyclic amines) is 1. The van der Waals surface area contributed by atoms with Gasteiger partial charge in [-0.25, -0.2) is 4.39 Å². The van der Waals surface area contributed by atoms with Crippen molar-refractivity contribution >= 4 is 11.6 Å². The van der Waals surface area contributed by atoms with Gasteiger partial charge in [0.2, 0.25) is 0 Å². The molecule has 2 nitrogen and oxygen atoms in total. The van der Waals surface area contributed by atoms with Gasteiger partial charge in [-0.2, -0.15) is 0 Å². The molecule has 1 aromatic carbocycles. The van der Waals surface area contributed by atoms with Crippen molar-refractivity contribution in [1.82, 2.24) is 10.2 Å². The van der Waals surface area contributed by atoms with Crippen molar-refractivity contribution in [3.63, 3.8) is 0 Å². The topological polar surface area (TPSA) is 15.3 Å². The lowest BCUT2D eigenvalue weighted by atomic mass is 9.89. The molecule has 4 heteroatoms. The Hall–Kier alpha value is -0.640. The first kappa shape index (κ1) is 15.7. The predicted octanol–water partition coefficient (Wildman–Crippen LogP) is 3.86. The van der Waals surface area contributed by atoms with Gasteiger partial charge in [-0.1, -0.05) is 31.0 Å². The van der Waals surface area contributed by atoms with Gasteiger partial charge in [0.1, 0.15) is 5.82 Å². The fraction of sp³-hybridized carbons (Fsp3) is 0.625. The molecule has 2 rings (SSSR count). The second-order valence-electron chi connectivity index (χ2n) is 5.65. The molecule has 1 fully saturated rings. The summed E-state index contributed by atoms with van der Waals surface area (Å²) in [7, 11) is 2.15. The molecule has 0 saturated carbocycles. The molecule has 0 radical (unpaired) electrons. The van der Waals surface area contributed by atoms with Crippen molar-refractivity contribution in [2.24, 2.45) is 5.92 Å². The van der Waals surface area contributed by atoms with Crippen molar-refractivity contribution in [2.75, 3.05) is 26.7 Å². The van der Waals surface area contributed by atoms with E-state index in [4.69, 9.17) is 11.6 Å². The van der Waals surface area contributed by atoms with Crippen LogP contribution >= 0.6 is 11.6 Å². The van der Waals surface area contributed by atoms with Crippen LogP contribution < -0.4 is 5.32 Å². The molecule has 0 aromatic heterocycles. The molecular weight excluding hydrogens is 275 g/mol. The van der Waals surface area contributed by atoms with E-state index >= 15 is 0 Å². The summed E-state index contributed by atoms with van der Waals surface area (Å²) in [6.07, 6.45) is 3.65. The lowest BCUT2D eigenvalue weighted by molar-refractivity contribution is 0.189. The van der Waals surface area contributed by atoms with Gasteiger partial charge in [0.05, 0.1) is 0 Å². The SMILES string of the molecule is CCNCC1CCCCN(C)C1c1ccc(F)cc1Cl. The summed E-state index contributed by atoms with van der Waals surface area (Å²) in [5, 5.41) is 4.00. The molecule has 20 heavy (non-hydrogen) atoms. The summed E-state index contributed by atoms with van der Waals surface area (Å²) in [5.41, 5.74) is 1.06. The van der Waals surface area contributed by atoms with Crippen molar-refractivity contribution in [2.45, 2.75) is 32.2 Å². The Balaban J connectivity index is 2.29. The quantitative estimate of drug-likeness (QED) is 0.908. The Bertz CT molecular complexity index is 438. The van der Waals surface area contributed by atoms with Crippen LogP contribution in [0, 0.1) is 11.7 Å². The molecule has 1 aliphatic rings. The maximum absolute atomic E-state index is 13.3. The molecule has 0 aliphatic carbocycles. The molecular formula is C16H24ClFN2. The lowest BCUT2D eigenvalue weighted by Gasteiger charge is -2.33. The molecule has 1 N–H and O–H groups in total. The highest BCUT2D eigenvalue weighted by Crippen LogP contribution is 2.37. The molecule has 0 bridgehead atoms. The summed E-state index contributed by atoms with van der Waals surface area (Å²) in [6, 6.07) is 5.07. The van der Waals surface area contributed by atoms with Gasteiger partial charge in [-0.3, -0.25) is 4.90 Å². The van der Waals surface area contributed by atoms with E-state index in [9.17, 15) is 4.39 Å². The van der Waals surface area contributed by atoms with Crippen LogP contribution in [0.2, 0.25) is 5.02 Å². The van der Waals surface area contributed by atoms with E-state index in [-0.39, 0.29) is 11.9 Å². The van der Waals surface area contributed by atoms with Crippen LogP contribution in [0.25, 0.3) is 0 Å². The van der Waals surface area contributed by atoms with Crippen LogP contribution in [0.3, 0.4) is 0 Å². The zero-order valence-electron chi connectivity index (χ0n) is 12.3. The van der Waals surface area contributed by atoms with E-state index in [1.54, 1.807) is 0 Å². The molecule has 0 amide bonds. The summed E-state index contributed by atoms with van der Waals surface area (Å²) in [6.45, 7) is 5.16. The van der Waals surface area contributed by atoms with E-state index in [2.05, 4.69) is 24.2 Å². The summed E-state index contributed by atoms with van der Waals surface area (Å²) >= 11 is 6.29. The Morgan fingerprint density at radius 3 is 2.90 bits per heavy atom. The zero-order chi connectivity index (χ0) is 14.5. The van der Waals surface area contributed by atoms with Crippen molar-refractivity contribution in [1.29, 1.82) is 0 Å². The number of rotatable bonds is 4. The highest BCUT2D eigenvalue weighted by Gasteiger charge is 2.30. The van der Waals surface area contributed by atoms with Crippen LogP contribution in [0.1, 0.15) is 37.8 Å². The van der Waals surface area contributed by atoms with Gasteiger partial charge in [0, 0.05) is 11.1 Å². The summed E-state index contributed by atoms with van der Waals surface area (Å²) < 4.78 is 13.3. The van der Waals surface area contributed by atoms with Gasteiger partial charge < -0.3 is 5.32 Å². The van der Waals surface area contributed by atoms with E-state index in [1.165, 1.54) is 31.4 Å². The maximum atomic E-state index is 13.3. The van der Waals surface area contributed by atoms with Crippen LogP contribution in [0.4, 0.5) is 4.39 Å². The normalized spacial score (nSPS) is 24.6. The van der Waals surface area contributed by atoms with Crippen LogP contribution in [0.5, 0.6) is 0 Å². The van der Waals surface area contributed by atoms with Gasteiger partial charge >= 0.3 is 0 Å². The van der Waals surface area contributed by atoms with Crippen molar-refractivity contribution in [3.05, 3.63) is 34.6 Å². The molecule has 2 atom stereocenters. The van der Waals surface area contributed by atoms with Crippen LogP contribution in [0.15, 0.2) is 18.2 Å². The fourth-order valence-corrected chi connectivity index (χ4v) is 3.48. The molecule has 0 spiro atoms.